The number of ether oxygens (including phenoxy) is 1. The van der Waals surface area contributed by atoms with E-state index in [9.17, 15) is 9.59 Å². The van der Waals surface area contributed by atoms with Gasteiger partial charge in [-0.05, 0) is 50.8 Å². The first-order valence-electron chi connectivity index (χ1n) is 11.9. The van der Waals surface area contributed by atoms with Gasteiger partial charge in [0.05, 0.1) is 17.1 Å². The third-order valence-corrected chi connectivity index (χ3v) is 6.66. The van der Waals surface area contributed by atoms with Crippen LogP contribution >= 0.6 is 0 Å². The number of pyridine rings is 1. The Balaban J connectivity index is 1.43. The van der Waals surface area contributed by atoms with Gasteiger partial charge in [0.15, 0.2) is 0 Å². The molecule has 5 rings (SSSR count). The monoisotopic (exact) mass is 449 g/mol. The van der Waals surface area contributed by atoms with Crippen molar-refractivity contribution in [2.75, 3.05) is 18.5 Å². The second-order valence-electron chi connectivity index (χ2n) is 9.08. The maximum atomic E-state index is 12.8. The maximum absolute atomic E-state index is 12.8. The largest absolute Gasteiger partial charge is 0.382 e. The van der Waals surface area contributed by atoms with Gasteiger partial charge in [-0.25, -0.2) is 4.98 Å². The van der Waals surface area contributed by atoms with Gasteiger partial charge in [0.1, 0.15) is 12.4 Å². The van der Waals surface area contributed by atoms with Gasteiger partial charge in [0.2, 0.25) is 5.91 Å². The quantitative estimate of drug-likeness (QED) is 0.578. The number of nitrogens with one attached hydrogen (secondary N) is 2. The number of hydrogen-bond acceptors (Lipinski definition) is 5. The predicted molar refractivity (Wildman–Crippen MR) is 128 cm³/mol. The number of hydrogen-bond donors (Lipinski definition) is 2. The van der Waals surface area contributed by atoms with E-state index in [1.54, 1.807) is 22.9 Å². The number of carbonyl (C=O) groups is 1. The highest BCUT2D eigenvalue weighted by molar-refractivity contribution is 5.87. The molecule has 0 aliphatic carbocycles. The van der Waals surface area contributed by atoms with Crippen molar-refractivity contribution in [3.8, 4) is 0 Å². The zero-order valence-electron chi connectivity index (χ0n) is 19.0. The van der Waals surface area contributed by atoms with Crippen LogP contribution in [0.2, 0.25) is 0 Å². The fraction of sp³-hybridized carbons (Fsp3) is 0.480. The van der Waals surface area contributed by atoms with E-state index in [0.29, 0.717) is 25.6 Å². The van der Waals surface area contributed by atoms with Crippen molar-refractivity contribution in [2.45, 2.75) is 64.3 Å². The lowest BCUT2D eigenvalue weighted by molar-refractivity contribution is -0.122. The Morgan fingerprint density at radius 1 is 1.27 bits per heavy atom. The van der Waals surface area contributed by atoms with Gasteiger partial charge in [-0.15, -0.1) is 0 Å². The molecule has 8 nitrogen and oxygen atoms in total. The van der Waals surface area contributed by atoms with Crippen molar-refractivity contribution in [1.29, 1.82) is 0 Å². The van der Waals surface area contributed by atoms with Gasteiger partial charge >= 0.3 is 0 Å². The van der Waals surface area contributed by atoms with Gasteiger partial charge in [-0.1, -0.05) is 6.07 Å². The van der Waals surface area contributed by atoms with Crippen molar-refractivity contribution < 1.29 is 9.53 Å². The molecule has 0 unspecified atom stereocenters. The molecule has 2 aliphatic rings. The topological polar surface area (TPSA) is 90.2 Å². The first-order valence-corrected chi connectivity index (χ1v) is 11.9. The van der Waals surface area contributed by atoms with E-state index < -0.39 is 0 Å². The molecule has 1 amide bonds. The number of anilines is 1. The molecule has 33 heavy (non-hydrogen) atoms. The van der Waals surface area contributed by atoms with Crippen molar-refractivity contribution in [3.63, 3.8) is 0 Å². The smallest absolute Gasteiger partial charge is 0.250 e. The molecule has 0 spiro atoms. The lowest BCUT2D eigenvalue weighted by Crippen LogP contribution is -2.34. The first-order chi connectivity index (χ1) is 16.1. The van der Waals surface area contributed by atoms with Crippen LogP contribution < -0.4 is 16.2 Å². The van der Waals surface area contributed by atoms with Crippen molar-refractivity contribution in [2.24, 2.45) is 0 Å². The number of carbonyl (C=O) groups excluding carboxylic acids is 1. The van der Waals surface area contributed by atoms with E-state index in [4.69, 9.17) is 9.72 Å². The summed E-state index contributed by atoms with van der Waals surface area (Å²) in [6, 6.07) is 9.74. The van der Waals surface area contributed by atoms with Crippen molar-refractivity contribution in [1.82, 2.24) is 19.4 Å². The Kier molecular flexibility index (Phi) is 6.17. The second kappa shape index (κ2) is 9.39. The lowest BCUT2D eigenvalue weighted by Gasteiger charge is -2.24. The Bertz CT molecular complexity index is 1210. The van der Waals surface area contributed by atoms with Crippen molar-refractivity contribution in [3.05, 3.63) is 58.3 Å². The van der Waals surface area contributed by atoms with Crippen LogP contribution in [-0.2, 0) is 35.5 Å². The van der Waals surface area contributed by atoms with Crippen LogP contribution in [0.25, 0.3) is 11.0 Å². The minimum absolute atomic E-state index is 0.0370. The van der Waals surface area contributed by atoms with E-state index >= 15 is 0 Å². The average Bonchev–Trinajstić information content (AvgIpc) is 3.45. The third-order valence-electron chi connectivity index (χ3n) is 6.66. The van der Waals surface area contributed by atoms with E-state index in [2.05, 4.69) is 29.7 Å². The summed E-state index contributed by atoms with van der Waals surface area (Å²) in [7, 11) is 0. The van der Waals surface area contributed by atoms with Crippen LogP contribution in [-0.4, -0.2) is 45.3 Å². The molecule has 1 aromatic carbocycles. The maximum Gasteiger partial charge on any atom is 0.250 e. The normalized spacial score (nSPS) is 19.9. The molecule has 4 heterocycles. The highest BCUT2D eigenvalue weighted by Crippen LogP contribution is 2.32. The first kappa shape index (κ1) is 21.7. The second-order valence-corrected chi connectivity index (χ2v) is 9.08. The summed E-state index contributed by atoms with van der Waals surface area (Å²) < 4.78 is 9.32. The Hall–Kier alpha value is -3.13. The van der Waals surface area contributed by atoms with E-state index in [0.717, 1.165) is 54.8 Å². The summed E-state index contributed by atoms with van der Waals surface area (Å²) >= 11 is 0. The molecular weight excluding hydrogens is 418 g/mol. The fourth-order valence-corrected chi connectivity index (χ4v) is 4.85. The number of aryl methyl sites for hydroxylation is 3. The zero-order chi connectivity index (χ0) is 22.8. The number of imidazole rings is 1. The summed E-state index contributed by atoms with van der Waals surface area (Å²) in [5, 5.41) is 6.58. The summed E-state index contributed by atoms with van der Waals surface area (Å²) in [4.78, 5) is 30.0. The lowest BCUT2D eigenvalue weighted by atomic mass is 9.98. The molecule has 2 aliphatic heterocycles. The molecule has 2 atom stereocenters. The standard InChI is InChI=1S/C25H31N5O3/c1-17-7-8-19-20(27-17)9-10-21-25(19)28-22(11-13-29-12-3-2-6-24(29)32)30(21)16-23(31)26-15-18-5-4-14-33-18/h2-3,6,9-10,12,17-18,27H,4-5,7-8,11,13-16H2,1H3,(H,26,31)/t17-,18+/m0/s1. The van der Waals surface area contributed by atoms with Crippen LogP contribution in [0.4, 0.5) is 5.69 Å². The SMILES string of the molecule is C[C@H]1CCc2c(ccc3c2nc(CCn2ccccc2=O)n3CC(=O)NC[C@H]2CCCO2)N1. The highest BCUT2D eigenvalue weighted by atomic mass is 16.5. The number of aromatic nitrogens is 3. The molecule has 174 valence electrons. The number of rotatable bonds is 7. The summed E-state index contributed by atoms with van der Waals surface area (Å²) in [5.41, 5.74) is 4.22. The number of benzene rings is 1. The predicted octanol–water partition coefficient (Wildman–Crippen LogP) is 2.48. The van der Waals surface area contributed by atoms with Gasteiger partial charge in [0.25, 0.3) is 5.56 Å². The minimum atomic E-state index is -0.0487. The average molecular weight is 450 g/mol. The van der Waals surface area contributed by atoms with E-state index in [-0.39, 0.29) is 24.1 Å². The van der Waals surface area contributed by atoms with Gasteiger partial charge in [0, 0.05) is 55.7 Å². The van der Waals surface area contributed by atoms with Crippen LogP contribution in [0.5, 0.6) is 0 Å². The summed E-state index contributed by atoms with van der Waals surface area (Å²) in [6.45, 7) is 4.21. The van der Waals surface area contributed by atoms with Gasteiger partial charge in [-0.2, -0.15) is 0 Å². The number of nitrogens with zero attached hydrogens (tertiary/aromatic N) is 3. The van der Waals surface area contributed by atoms with Crippen LogP contribution in [0, 0.1) is 0 Å². The molecule has 8 heteroatoms. The van der Waals surface area contributed by atoms with Gasteiger partial charge < -0.3 is 24.5 Å². The molecule has 3 aromatic rings. The molecule has 2 aromatic heterocycles. The number of amides is 1. The van der Waals surface area contributed by atoms with Crippen molar-refractivity contribution >= 4 is 22.6 Å². The van der Waals surface area contributed by atoms with Crippen LogP contribution in [0.3, 0.4) is 0 Å². The fourth-order valence-electron chi connectivity index (χ4n) is 4.85. The molecule has 0 saturated carbocycles. The molecule has 0 bridgehead atoms. The van der Waals surface area contributed by atoms with Crippen LogP contribution in [0.1, 0.15) is 37.6 Å². The molecule has 1 saturated heterocycles. The van der Waals surface area contributed by atoms with E-state index in [1.807, 2.05) is 10.6 Å². The number of fused-ring (bicyclic) bond motifs is 3. The highest BCUT2D eigenvalue weighted by Gasteiger charge is 2.22. The zero-order valence-corrected chi connectivity index (χ0v) is 19.0. The molecule has 2 N–H and O–H groups in total. The van der Waals surface area contributed by atoms with Crippen LogP contribution in [0.15, 0.2) is 41.3 Å². The minimum Gasteiger partial charge on any atom is -0.382 e. The summed E-state index contributed by atoms with van der Waals surface area (Å²) in [6.07, 6.45) is 6.51. The molecule has 1 fully saturated rings. The third kappa shape index (κ3) is 4.66. The van der Waals surface area contributed by atoms with Gasteiger partial charge in [-0.3, -0.25) is 9.59 Å². The van der Waals surface area contributed by atoms with E-state index in [1.165, 1.54) is 5.56 Å². The Morgan fingerprint density at radius 2 is 2.18 bits per heavy atom. The summed E-state index contributed by atoms with van der Waals surface area (Å²) in [5.74, 6) is 0.771. The molecule has 0 radical (unpaired) electrons. The Morgan fingerprint density at radius 3 is 3.00 bits per heavy atom. The molecular formula is C25H31N5O3. The Labute approximate surface area is 193 Å².